The molecule has 0 unspecified atom stereocenters. The molecule has 1 aromatic heterocycles. The molecule has 3 rings (SSSR count). The van der Waals surface area contributed by atoms with E-state index in [-0.39, 0.29) is 0 Å². The number of ether oxygens (including phenoxy) is 1. The third-order valence-corrected chi connectivity index (χ3v) is 5.46. The Bertz CT molecular complexity index is 729. The monoisotopic (exact) mass is 334 g/mol. The first-order chi connectivity index (χ1) is 11.2. The largest absolute Gasteiger partial charge is 0.379 e. The van der Waals surface area contributed by atoms with Crippen LogP contribution >= 0.6 is 0 Å². The van der Waals surface area contributed by atoms with Crippen LogP contribution in [0.15, 0.2) is 47.6 Å². The SMILES string of the molecule is O=S(=O)(c1ccc(CNc2ncccn2)cc1)N1CCOCC1. The molecule has 122 valence electrons. The van der Waals surface area contributed by atoms with E-state index in [0.29, 0.717) is 43.7 Å². The number of nitrogens with zero attached hydrogens (tertiary/aromatic N) is 3. The van der Waals surface area contributed by atoms with Crippen molar-refractivity contribution >= 4 is 16.0 Å². The van der Waals surface area contributed by atoms with Crippen molar-refractivity contribution in [2.24, 2.45) is 0 Å². The second kappa shape index (κ2) is 7.03. The van der Waals surface area contributed by atoms with Crippen LogP contribution < -0.4 is 5.32 Å². The van der Waals surface area contributed by atoms with Crippen LogP contribution in [-0.4, -0.2) is 49.0 Å². The predicted molar refractivity (Wildman–Crippen MR) is 85.4 cm³/mol. The van der Waals surface area contributed by atoms with E-state index in [0.717, 1.165) is 5.56 Å². The molecule has 1 fully saturated rings. The molecule has 1 saturated heterocycles. The van der Waals surface area contributed by atoms with Gasteiger partial charge in [0, 0.05) is 32.0 Å². The fourth-order valence-corrected chi connectivity index (χ4v) is 3.69. The number of nitrogens with one attached hydrogen (secondary N) is 1. The number of hydrogen-bond acceptors (Lipinski definition) is 6. The molecule has 1 aromatic carbocycles. The van der Waals surface area contributed by atoms with E-state index in [9.17, 15) is 8.42 Å². The van der Waals surface area contributed by atoms with Gasteiger partial charge in [-0.05, 0) is 23.8 Å². The second-order valence-electron chi connectivity index (χ2n) is 5.09. The highest BCUT2D eigenvalue weighted by molar-refractivity contribution is 7.89. The van der Waals surface area contributed by atoms with Gasteiger partial charge in [-0.2, -0.15) is 4.31 Å². The van der Waals surface area contributed by atoms with Crippen molar-refractivity contribution in [1.29, 1.82) is 0 Å². The Morgan fingerprint density at radius 3 is 2.39 bits per heavy atom. The van der Waals surface area contributed by atoms with E-state index in [1.807, 2.05) is 0 Å². The standard InChI is InChI=1S/C15H18N4O3S/c20-23(21,19-8-10-22-11-9-19)14-4-2-13(3-5-14)12-18-15-16-6-1-7-17-15/h1-7H,8-12H2,(H,16,17,18). The number of anilines is 1. The van der Waals surface area contributed by atoms with E-state index in [4.69, 9.17) is 4.74 Å². The first-order valence-corrected chi connectivity index (χ1v) is 8.78. The summed E-state index contributed by atoms with van der Waals surface area (Å²) < 4.78 is 31.7. The molecule has 2 aromatic rings. The number of hydrogen-bond donors (Lipinski definition) is 1. The van der Waals surface area contributed by atoms with Gasteiger partial charge in [-0.1, -0.05) is 12.1 Å². The van der Waals surface area contributed by atoms with Gasteiger partial charge in [-0.3, -0.25) is 0 Å². The van der Waals surface area contributed by atoms with Gasteiger partial charge in [0.25, 0.3) is 0 Å². The average Bonchev–Trinajstić information content (AvgIpc) is 2.62. The number of aromatic nitrogens is 2. The Balaban J connectivity index is 1.66. The Morgan fingerprint density at radius 2 is 1.74 bits per heavy atom. The lowest BCUT2D eigenvalue weighted by Crippen LogP contribution is -2.40. The van der Waals surface area contributed by atoms with Crippen molar-refractivity contribution in [3.8, 4) is 0 Å². The minimum Gasteiger partial charge on any atom is -0.379 e. The summed E-state index contributed by atoms with van der Waals surface area (Å²) in [5.41, 5.74) is 0.957. The summed E-state index contributed by atoms with van der Waals surface area (Å²) in [6.45, 7) is 2.21. The van der Waals surface area contributed by atoms with E-state index < -0.39 is 10.0 Å². The fraction of sp³-hybridized carbons (Fsp3) is 0.333. The summed E-state index contributed by atoms with van der Waals surface area (Å²) in [6.07, 6.45) is 3.32. The topological polar surface area (TPSA) is 84.4 Å². The molecule has 0 radical (unpaired) electrons. The van der Waals surface area contributed by atoms with Crippen molar-refractivity contribution < 1.29 is 13.2 Å². The zero-order valence-corrected chi connectivity index (χ0v) is 13.4. The van der Waals surface area contributed by atoms with Gasteiger partial charge in [0.05, 0.1) is 18.1 Å². The quantitative estimate of drug-likeness (QED) is 0.882. The zero-order valence-electron chi connectivity index (χ0n) is 12.6. The molecule has 1 N–H and O–H groups in total. The van der Waals surface area contributed by atoms with Gasteiger partial charge >= 0.3 is 0 Å². The number of morpholine rings is 1. The van der Waals surface area contributed by atoms with E-state index >= 15 is 0 Å². The molecule has 0 aliphatic carbocycles. The lowest BCUT2D eigenvalue weighted by molar-refractivity contribution is 0.0730. The summed E-state index contributed by atoms with van der Waals surface area (Å²) in [5.74, 6) is 0.539. The molecule has 1 aliphatic heterocycles. The molecule has 0 atom stereocenters. The Morgan fingerprint density at radius 1 is 1.09 bits per heavy atom. The van der Waals surface area contributed by atoms with Gasteiger partial charge in [0.2, 0.25) is 16.0 Å². The molecule has 23 heavy (non-hydrogen) atoms. The molecular weight excluding hydrogens is 316 g/mol. The van der Waals surface area contributed by atoms with Gasteiger partial charge < -0.3 is 10.1 Å². The lowest BCUT2D eigenvalue weighted by Gasteiger charge is -2.26. The highest BCUT2D eigenvalue weighted by Crippen LogP contribution is 2.18. The lowest BCUT2D eigenvalue weighted by atomic mass is 10.2. The minimum absolute atomic E-state index is 0.305. The third-order valence-electron chi connectivity index (χ3n) is 3.55. The molecule has 0 amide bonds. The Labute approximate surface area is 135 Å². The zero-order chi connectivity index (χ0) is 16.1. The minimum atomic E-state index is -3.44. The van der Waals surface area contributed by atoms with Gasteiger partial charge in [-0.25, -0.2) is 18.4 Å². The predicted octanol–water partition coefficient (Wildman–Crippen LogP) is 1.11. The van der Waals surface area contributed by atoms with Gasteiger partial charge in [-0.15, -0.1) is 0 Å². The summed E-state index contributed by atoms with van der Waals surface area (Å²) in [7, 11) is -3.44. The molecule has 7 nitrogen and oxygen atoms in total. The second-order valence-corrected chi connectivity index (χ2v) is 7.02. The van der Waals surface area contributed by atoms with Crippen molar-refractivity contribution in [2.75, 3.05) is 31.6 Å². The maximum Gasteiger partial charge on any atom is 0.243 e. The molecule has 0 saturated carbocycles. The molecule has 0 spiro atoms. The van der Waals surface area contributed by atoms with E-state index in [2.05, 4.69) is 15.3 Å². The first kappa shape index (κ1) is 15.9. The summed E-state index contributed by atoms with van der Waals surface area (Å²) >= 11 is 0. The summed E-state index contributed by atoms with van der Waals surface area (Å²) in [5, 5.41) is 3.08. The molecule has 0 bridgehead atoms. The van der Waals surface area contributed by atoms with Crippen LogP contribution in [0.25, 0.3) is 0 Å². The van der Waals surface area contributed by atoms with E-state index in [1.165, 1.54) is 4.31 Å². The highest BCUT2D eigenvalue weighted by atomic mass is 32.2. The third kappa shape index (κ3) is 3.84. The van der Waals surface area contributed by atoms with Crippen LogP contribution in [0, 0.1) is 0 Å². The van der Waals surface area contributed by atoms with E-state index in [1.54, 1.807) is 42.7 Å². The summed E-state index contributed by atoms with van der Waals surface area (Å²) in [4.78, 5) is 8.46. The average molecular weight is 334 g/mol. The maximum absolute atomic E-state index is 12.5. The smallest absolute Gasteiger partial charge is 0.243 e. The fourth-order valence-electron chi connectivity index (χ4n) is 2.29. The summed E-state index contributed by atoms with van der Waals surface area (Å²) in [6, 6.07) is 8.60. The molecule has 2 heterocycles. The van der Waals surface area contributed by atoms with Crippen LogP contribution in [0.2, 0.25) is 0 Å². The van der Waals surface area contributed by atoms with Crippen LogP contribution in [0.5, 0.6) is 0 Å². The molecule has 1 aliphatic rings. The Kier molecular flexibility index (Phi) is 4.85. The maximum atomic E-state index is 12.5. The normalized spacial score (nSPS) is 16.2. The highest BCUT2D eigenvalue weighted by Gasteiger charge is 2.25. The number of sulfonamides is 1. The molecular formula is C15H18N4O3S. The van der Waals surface area contributed by atoms with Crippen LogP contribution in [0.1, 0.15) is 5.56 Å². The Hall–Kier alpha value is -2.03. The van der Waals surface area contributed by atoms with Crippen LogP contribution in [0.4, 0.5) is 5.95 Å². The number of benzene rings is 1. The first-order valence-electron chi connectivity index (χ1n) is 7.34. The van der Waals surface area contributed by atoms with Crippen molar-refractivity contribution in [1.82, 2.24) is 14.3 Å². The van der Waals surface area contributed by atoms with Crippen LogP contribution in [-0.2, 0) is 21.3 Å². The van der Waals surface area contributed by atoms with Gasteiger partial charge in [0.15, 0.2) is 0 Å². The van der Waals surface area contributed by atoms with Crippen molar-refractivity contribution in [2.45, 2.75) is 11.4 Å². The van der Waals surface area contributed by atoms with Gasteiger partial charge in [0.1, 0.15) is 0 Å². The molecule has 8 heteroatoms. The number of rotatable bonds is 5. The van der Waals surface area contributed by atoms with Crippen molar-refractivity contribution in [3.05, 3.63) is 48.3 Å². The van der Waals surface area contributed by atoms with Crippen LogP contribution in [0.3, 0.4) is 0 Å². The van der Waals surface area contributed by atoms with Crippen molar-refractivity contribution in [3.63, 3.8) is 0 Å².